The third-order valence-electron chi connectivity index (χ3n) is 7.07. The quantitative estimate of drug-likeness (QED) is 0.150. The van der Waals surface area contributed by atoms with E-state index >= 15 is 0 Å². The third kappa shape index (κ3) is 15.8. The second kappa shape index (κ2) is 17.7. The zero-order valence-corrected chi connectivity index (χ0v) is 33.9. The van der Waals surface area contributed by atoms with Crippen LogP contribution < -0.4 is 21.3 Å². The van der Waals surface area contributed by atoms with Crippen molar-refractivity contribution >= 4 is 24.4 Å². The summed E-state index contributed by atoms with van der Waals surface area (Å²) in [5, 5.41) is 11.4. The Morgan fingerprint density at radius 3 is 1.07 bits per heavy atom. The summed E-state index contributed by atoms with van der Waals surface area (Å²) in [5.41, 5.74) is 3.47. The fourth-order valence-corrected chi connectivity index (χ4v) is 5.26. The van der Waals surface area contributed by atoms with Gasteiger partial charge in [0.25, 0.3) is 0 Å². The van der Waals surface area contributed by atoms with E-state index in [1.165, 1.54) is 0 Å². The molecule has 0 aliphatic heterocycles. The lowest BCUT2D eigenvalue weighted by Gasteiger charge is -2.23. The van der Waals surface area contributed by atoms with Crippen LogP contribution in [0.3, 0.4) is 0 Å². The fourth-order valence-electron chi connectivity index (χ4n) is 5.26. The van der Waals surface area contributed by atoms with Crippen LogP contribution in [0.25, 0.3) is 22.3 Å². The standard InChI is InChI=1S/C42H58N4O8/c1-39(2,3)51-35(47)43-23-27-18-28(24-44-36(48)52-40(4,5)6)20-30(19-27)31-21-32(25-45-37(49)53-41(7,8)9)34(29-16-14-13-15-17-29)33(22-31)26-46-38(50)54-42(10,11)12/h13-22H,23-26H2,1-12H3,(H,43,47)(H,44,48)(H,45,49)(H,46,50). The molecule has 0 atom stereocenters. The summed E-state index contributed by atoms with van der Waals surface area (Å²) in [7, 11) is 0. The van der Waals surface area contributed by atoms with Gasteiger partial charge in [0, 0.05) is 26.2 Å². The molecular formula is C42H58N4O8. The van der Waals surface area contributed by atoms with E-state index in [-0.39, 0.29) is 26.2 Å². The van der Waals surface area contributed by atoms with E-state index in [9.17, 15) is 19.2 Å². The molecule has 3 rings (SSSR count). The van der Waals surface area contributed by atoms with Crippen LogP contribution in [-0.2, 0) is 45.1 Å². The summed E-state index contributed by atoms with van der Waals surface area (Å²) in [6.07, 6.45) is -2.30. The lowest BCUT2D eigenvalue weighted by atomic mass is 9.89. The summed E-state index contributed by atoms with van der Waals surface area (Å²) in [4.78, 5) is 51.0. The third-order valence-corrected chi connectivity index (χ3v) is 7.07. The molecule has 0 bridgehead atoms. The maximum atomic E-state index is 12.9. The van der Waals surface area contributed by atoms with Gasteiger partial charge >= 0.3 is 24.4 Å². The molecule has 0 aliphatic rings. The second-order valence-electron chi connectivity index (χ2n) is 17.0. The Bertz CT molecular complexity index is 1680. The molecule has 4 amide bonds. The summed E-state index contributed by atoms with van der Waals surface area (Å²) in [6, 6.07) is 19.4. The van der Waals surface area contributed by atoms with Crippen molar-refractivity contribution in [1.82, 2.24) is 21.3 Å². The van der Waals surface area contributed by atoms with Gasteiger partial charge in [0.1, 0.15) is 22.4 Å². The van der Waals surface area contributed by atoms with Crippen molar-refractivity contribution < 1.29 is 38.1 Å². The molecule has 0 heterocycles. The van der Waals surface area contributed by atoms with Gasteiger partial charge in [-0.25, -0.2) is 19.2 Å². The number of hydrogen-bond acceptors (Lipinski definition) is 8. The van der Waals surface area contributed by atoms with Gasteiger partial charge in [-0.05, 0) is 152 Å². The highest BCUT2D eigenvalue weighted by atomic mass is 16.6. The molecule has 0 radical (unpaired) electrons. The molecule has 294 valence electrons. The Kier molecular flexibility index (Phi) is 14.2. The lowest BCUT2D eigenvalue weighted by molar-refractivity contribution is 0.0511. The van der Waals surface area contributed by atoms with Crippen LogP contribution in [-0.4, -0.2) is 46.8 Å². The number of amides is 4. The predicted octanol–water partition coefficient (Wildman–Crippen LogP) is 9.12. The second-order valence-corrected chi connectivity index (χ2v) is 17.0. The molecule has 3 aromatic carbocycles. The van der Waals surface area contributed by atoms with Crippen molar-refractivity contribution in [3.05, 3.63) is 82.9 Å². The Morgan fingerprint density at radius 1 is 0.426 bits per heavy atom. The topological polar surface area (TPSA) is 153 Å². The molecule has 0 saturated carbocycles. The molecule has 0 fully saturated rings. The number of nitrogens with one attached hydrogen (secondary N) is 4. The van der Waals surface area contributed by atoms with E-state index in [0.29, 0.717) is 0 Å². The number of hydrogen-bond donors (Lipinski definition) is 4. The van der Waals surface area contributed by atoms with Crippen LogP contribution in [0, 0.1) is 0 Å². The molecule has 3 aromatic rings. The lowest BCUT2D eigenvalue weighted by Crippen LogP contribution is -2.33. The Morgan fingerprint density at radius 2 is 0.741 bits per heavy atom. The molecular weight excluding hydrogens is 688 g/mol. The van der Waals surface area contributed by atoms with Crippen LogP contribution in [0.5, 0.6) is 0 Å². The normalized spacial score (nSPS) is 11.9. The highest BCUT2D eigenvalue weighted by molar-refractivity contribution is 5.79. The van der Waals surface area contributed by atoms with Crippen LogP contribution in [0.2, 0.25) is 0 Å². The minimum absolute atomic E-state index is 0.110. The number of rotatable bonds is 10. The summed E-state index contributed by atoms with van der Waals surface area (Å²) in [6.45, 7) is 22.0. The maximum Gasteiger partial charge on any atom is 0.407 e. The van der Waals surface area contributed by atoms with E-state index < -0.39 is 46.8 Å². The van der Waals surface area contributed by atoms with Gasteiger partial charge in [-0.1, -0.05) is 36.4 Å². The summed E-state index contributed by atoms with van der Waals surface area (Å²) >= 11 is 0. The first-order valence-corrected chi connectivity index (χ1v) is 18.1. The van der Waals surface area contributed by atoms with Crippen LogP contribution in [0.15, 0.2) is 60.7 Å². The first kappa shape index (κ1) is 43.1. The number of benzene rings is 3. The minimum atomic E-state index is -0.700. The number of carbonyl (C=O) groups is 4. The zero-order valence-electron chi connectivity index (χ0n) is 33.9. The maximum absolute atomic E-state index is 12.9. The SMILES string of the molecule is CC(C)(C)OC(=O)NCc1cc(CNC(=O)OC(C)(C)C)cc(-c2cc(CNC(=O)OC(C)(C)C)c(-c3ccccc3)c(CNC(=O)OC(C)(C)C)c2)c1. The van der Waals surface area contributed by atoms with Gasteiger partial charge in [-0.2, -0.15) is 0 Å². The van der Waals surface area contributed by atoms with Gasteiger partial charge in [0.2, 0.25) is 0 Å². The average molecular weight is 747 g/mol. The zero-order chi connectivity index (χ0) is 40.5. The van der Waals surface area contributed by atoms with Gasteiger partial charge < -0.3 is 40.2 Å². The Labute approximate surface area is 320 Å². The molecule has 0 spiro atoms. The molecule has 4 N–H and O–H groups in total. The number of alkyl carbamates (subject to hydrolysis) is 4. The van der Waals surface area contributed by atoms with Crippen molar-refractivity contribution in [3.8, 4) is 22.3 Å². The molecule has 0 saturated heterocycles. The monoisotopic (exact) mass is 746 g/mol. The summed E-state index contributed by atoms with van der Waals surface area (Å²) < 4.78 is 22.0. The molecule has 12 nitrogen and oxygen atoms in total. The number of carbonyl (C=O) groups excluding carboxylic acids is 4. The largest absolute Gasteiger partial charge is 0.444 e. The average Bonchev–Trinajstić information content (AvgIpc) is 3.01. The van der Waals surface area contributed by atoms with Gasteiger partial charge in [0.15, 0.2) is 0 Å². The van der Waals surface area contributed by atoms with Crippen molar-refractivity contribution in [2.75, 3.05) is 0 Å². The van der Waals surface area contributed by atoms with Gasteiger partial charge in [0.05, 0.1) is 0 Å². The van der Waals surface area contributed by atoms with E-state index in [1.54, 1.807) is 83.1 Å². The Balaban J connectivity index is 2.18. The summed E-state index contributed by atoms with van der Waals surface area (Å²) in [5.74, 6) is 0. The molecule has 0 aliphatic carbocycles. The minimum Gasteiger partial charge on any atom is -0.444 e. The Hall–Kier alpha value is -5.26. The van der Waals surface area contributed by atoms with Crippen LogP contribution >= 0.6 is 0 Å². The molecule has 0 aromatic heterocycles. The van der Waals surface area contributed by atoms with Crippen molar-refractivity contribution in [2.24, 2.45) is 0 Å². The van der Waals surface area contributed by atoms with Crippen LogP contribution in [0.4, 0.5) is 19.2 Å². The smallest absolute Gasteiger partial charge is 0.407 e. The fraction of sp³-hybridized carbons (Fsp3) is 0.476. The van der Waals surface area contributed by atoms with E-state index in [4.69, 9.17) is 18.9 Å². The number of ether oxygens (including phenoxy) is 4. The first-order valence-electron chi connectivity index (χ1n) is 18.1. The van der Waals surface area contributed by atoms with Gasteiger partial charge in [-0.3, -0.25) is 0 Å². The van der Waals surface area contributed by atoms with Crippen molar-refractivity contribution in [1.29, 1.82) is 0 Å². The molecule has 54 heavy (non-hydrogen) atoms. The van der Waals surface area contributed by atoms with E-state index in [2.05, 4.69) is 21.3 Å². The highest BCUT2D eigenvalue weighted by Crippen LogP contribution is 2.34. The predicted molar refractivity (Wildman–Crippen MR) is 210 cm³/mol. The van der Waals surface area contributed by atoms with E-state index in [1.807, 2.05) is 60.7 Å². The van der Waals surface area contributed by atoms with Crippen molar-refractivity contribution in [3.63, 3.8) is 0 Å². The highest BCUT2D eigenvalue weighted by Gasteiger charge is 2.22. The first-order chi connectivity index (χ1) is 24.9. The molecule has 0 unspecified atom stereocenters. The van der Waals surface area contributed by atoms with E-state index in [0.717, 1.165) is 44.5 Å². The molecule has 12 heteroatoms. The van der Waals surface area contributed by atoms with Gasteiger partial charge in [-0.15, -0.1) is 0 Å². The van der Waals surface area contributed by atoms with Crippen LogP contribution in [0.1, 0.15) is 105 Å². The van der Waals surface area contributed by atoms with Crippen molar-refractivity contribution in [2.45, 2.75) is 132 Å².